The molecule has 0 aliphatic carbocycles. The molecule has 0 spiro atoms. The predicted molar refractivity (Wildman–Crippen MR) is 66.7 cm³/mol. The van der Waals surface area contributed by atoms with E-state index in [0.29, 0.717) is 23.8 Å². The summed E-state index contributed by atoms with van der Waals surface area (Å²) in [4.78, 5) is 1.96. The first-order valence-electron chi connectivity index (χ1n) is 4.99. The van der Waals surface area contributed by atoms with E-state index in [1.807, 2.05) is 17.0 Å². The summed E-state index contributed by atoms with van der Waals surface area (Å²) in [7, 11) is -2.86. The number of sulfone groups is 1. The molecule has 1 heterocycles. The molecule has 0 bridgehead atoms. The maximum Gasteiger partial charge on any atom is 0.153 e. The third-order valence-corrected chi connectivity index (χ3v) is 4.65. The van der Waals surface area contributed by atoms with Gasteiger partial charge in [-0.25, -0.2) is 8.42 Å². The molecule has 1 aromatic carbocycles. The van der Waals surface area contributed by atoms with E-state index in [1.165, 1.54) is 0 Å². The van der Waals surface area contributed by atoms with Gasteiger partial charge in [-0.2, -0.15) is 0 Å². The van der Waals surface area contributed by atoms with Crippen LogP contribution in [0, 0.1) is 0 Å². The minimum Gasteiger partial charge on any atom is -0.396 e. The summed E-state index contributed by atoms with van der Waals surface area (Å²) in [5.74, 6) is 0.359. The van der Waals surface area contributed by atoms with E-state index in [9.17, 15) is 8.42 Å². The van der Waals surface area contributed by atoms with Gasteiger partial charge in [0.25, 0.3) is 0 Å². The Balaban J connectivity index is 2.24. The molecule has 88 valence electrons. The molecule has 6 heteroatoms. The molecular weight excluding hydrogens is 248 g/mol. The van der Waals surface area contributed by atoms with E-state index in [2.05, 4.69) is 0 Å². The molecule has 4 nitrogen and oxygen atoms in total. The zero-order chi connectivity index (χ0) is 11.8. The fraction of sp³-hybridized carbons (Fsp3) is 0.400. The maximum absolute atomic E-state index is 11.3. The highest BCUT2D eigenvalue weighted by molar-refractivity contribution is 7.91. The largest absolute Gasteiger partial charge is 0.396 e. The molecule has 16 heavy (non-hydrogen) atoms. The van der Waals surface area contributed by atoms with Gasteiger partial charge in [0, 0.05) is 13.1 Å². The van der Waals surface area contributed by atoms with Crippen LogP contribution in [0.25, 0.3) is 0 Å². The van der Waals surface area contributed by atoms with Crippen LogP contribution in [-0.4, -0.2) is 33.0 Å². The first-order valence-corrected chi connectivity index (χ1v) is 7.19. The third-order valence-electron chi connectivity index (χ3n) is 2.72. The van der Waals surface area contributed by atoms with E-state index in [1.54, 1.807) is 6.07 Å². The smallest absolute Gasteiger partial charge is 0.153 e. The van der Waals surface area contributed by atoms with Crippen molar-refractivity contribution in [1.82, 2.24) is 0 Å². The second-order valence-electron chi connectivity index (χ2n) is 3.81. The van der Waals surface area contributed by atoms with Crippen molar-refractivity contribution in [1.29, 1.82) is 0 Å². The van der Waals surface area contributed by atoms with Gasteiger partial charge >= 0.3 is 0 Å². The summed E-state index contributed by atoms with van der Waals surface area (Å²) in [6.07, 6.45) is 0. The number of nitrogen functional groups attached to an aromatic ring is 1. The summed E-state index contributed by atoms with van der Waals surface area (Å²) in [5.41, 5.74) is 7.20. The lowest BCUT2D eigenvalue weighted by molar-refractivity contribution is 0.587. The normalized spacial score (nSPS) is 19.7. The Hall–Kier alpha value is -0.940. The van der Waals surface area contributed by atoms with Crippen LogP contribution in [0.3, 0.4) is 0 Å². The zero-order valence-electron chi connectivity index (χ0n) is 8.69. The fourth-order valence-electron chi connectivity index (χ4n) is 1.75. The monoisotopic (exact) mass is 260 g/mol. The van der Waals surface area contributed by atoms with Crippen LogP contribution >= 0.6 is 11.6 Å². The number of halogens is 1. The quantitative estimate of drug-likeness (QED) is 0.770. The average Bonchev–Trinajstić information content (AvgIpc) is 2.23. The van der Waals surface area contributed by atoms with Crippen molar-refractivity contribution >= 4 is 32.8 Å². The molecule has 1 aromatic rings. The Bertz CT molecular complexity index is 488. The van der Waals surface area contributed by atoms with Crippen LogP contribution in [-0.2, 0) is 9.84 Å². The third kappa shape index (κ3) is 2.25. The summed E-state index contributed by atoms with van der Waals surface area (Å²) < 4.78 is 22.6. The van der Waals surface area contributed by atoms with E-state index >= 15 is 0 Å². The van der Waals surface area contributed by atoms with Crippen LogP contribution in [0.5, 0.6) is 0 Å². The van der Waals surface area contributed by atoms with Gasteiger partial charge in [-0.05, 0) is 12.1 Å². The lowest BCUT2D eigenvalue weighted by Gasteiger charge is -2.29. The lowest BCUT2D eigenvalue weighted by atomic mass is 10.2. The molecule has 1 saturated heterocycles. The van der Waals surface area contributed by atoms with Crippen molar-refractivity contribution in [2.24, 2.45) is 0 Å². The second kappa shape index (κ2) is 4.14. The number of rotatable bonds is 1. The van der Waals surface area contributed by atoms with Crippen molar-refractivity contribution in [3.8, 4) is 0 Å². The highest BCUT2D eigenvalue weighted by Crippen LogP contribution is 2.30. The number of hydrogen-bond acceptors (Lipinski definition) is 4. The number of nitrogens with zero attached hydrogens (tertiary/aromatic N) is 1. The molecule has 0 radical (unpaired) electrons. The van der Waals surface area contributed by atoms with Gasteiger partial charge in [0.2, 0.25) is 0 Å². The molecule has 0 amide bonds. The van der Waals surface area contributed by atoms with Crippen molar-refractivity contribution in [3.05, 3.63) is 23.2 Å². The van der Waals surface area contributed by atoms with Gasteiger partial charge in [0.05, 0.1) is 27.9 Å². The second-order valence-corrected chi connectivity index (χ2v) is 6.52. The van der Waals surface area contributed by atoms with Gasteiger partial charge in [-0.3, -0.25) is 0 Å². The van der Waals surface area contributed by atoms with Crippen LogP contribution in [0.15, 0.2) is 18.2 Å². The molecule has 2 rings (SSSR count). The standard InChI is InChI=1S/C10H13ClN2O2S/c11-8-2-1-3-9(10(8)12)13-4-6-16(14,15)7-5-13/h1-3H,4-7,12H2. The number of hydrogen-bond donors (Lipinski definition) is 1. The Kier molecular flexibility index (Phi) is 2.99. The molecule has 0 atom stereocenters. The number of nitrogens with two attached hydrogens (primary N) is 1. The first kappa shape index (κ1) is 11.5. The van der Waals surface area contributed by atoms with Gasteiger partial charge in [0.15, 0.2) is 9.84 Å². The van der Waals surface area contributed by atoms with E-state index in [0.717, 1.165) is 5.69 Å². The van der Waals surface area contributed by atoms with Crippen molar-refractivity contribution in [2.45, 2.75) is 0 Å². The summed E-state index contributed by atoms with van der Waals surface area (Å²) in [5, 5.41) is 0.505. The van der Waals surface area contributed by atoms with E-state index < -0.39 is 9.84 Å². The number of para-hydroxylation sites is 1. The molecule has 0 aromatic heterocycles. The summed E-state index contributed by atoms with van der Waals surface area (Å²) in [6.45, 7) is 0.958. The van der Waals surface area contributed by atoms with E-state index in [4.69, 9.17) is 17.3 Å². The van der Waals surface area contributed by atoms with Crippen LogP contribution in [0.2, 0.25) is 5.02 Å². The molecule has 1 aliphatic rings. The lowest BCUT2D eigenvalue weighted by Crippen LogP contribution is -2.40. The number of benzene rings is 1. The topological polar surface area (TPSA) is 63.4 Å². The molecule has 1 aliphatic heterocycles. The highest BCUT2D eigenvalue weighted by Gasteiger charge is 2.23. The Morgan fingerprint density at radius 3 is 2.50 bits per heavy atom. The van der Waals surface area contributed by atoms with Crippen LogP contribution < -0.4 is 10.6 Å². The Labute approximate surface area is 99.9 Å². The van der Waals surface area contributed by atoms with Crippen molar-refractivity contribution in [3.63, 3.8) is 0 Å². The minimum atomic E-state index is -2.86. The van der Waals surface area contributed by atoms with Gasteiger partial charge < -0.3 is 10.6 Å². The van der Waals surface area contributed by atoms with Gasteiger partial charge in [0.1, 0.15) is 0 Å². The van der Waals surface area contributed by atoms with Crippen molar-refractivity contribution in [2.75, 3.05) is 35.2 Å². The fourth-order valence-corrected chi connectivity index (χ4v) is 3.13. The Morgan fingerprint density at radius 1 is 1.25 bits per heavy atom. The Morgan fingerprint density at radius 2 is 1.88 bits per heavy atom. The van der Waals surface area contributed by atoms with Gasteiger partial charge in [-0.1, -0.05) is 17.7 Å². The maximum atomic E-state index is 11.3. The van der Waals surface area contributed by atoms with Gasteiger partial charge in [-0.15, -0.1) is 0 Å². The predicted octanol–water partition coefficient (Wildman–Crippen LogP) is 1.16. The summed E-state index contributed by atoms with van der Waals surface area (Å²) in [6, 6.07) is 5.40. The molecule has 1 fully saturated rings. The molecule has 2 N–H and O–H groups in total. The van der Waals surface area contributed by atoms with Crippen molar-refractivity contribution < 1.29 is 8.42 Å². The molecular formula is C10H13ClN2O2S. The molecule has 0 unspecified atom stereocenters. The van der Waals surface area contributed by atoms with Crippen LogP contribution in [0.4, 0.5) is 11.4 Å². The average molecular weight is 261 g/mol. The first-order chi connectivity index (χ1) is 7.49. The summed E-state index contributed by atoms with van der Waals surface area (Å²) >= 11 is 5.92. The SMILES string of the molecule is Nc1c(Cl)cccc1N1CCS(=O)(=O)CC1. The zero-order valence-corrected chi connectivity index (χ0v) is 10.3. The molecule has 0 saturated carbocycles. The number of anilines is 2. The van der Waals surface area contributed by atoms with Crippen LogP contribution in [0.1, 0.15) is 0 Å². The van der Waals surface area contributed by atoms with E-state index in [-0.39, 0.29) is 11.5 Å². The highest BCUT2D eigenvalue weighted by atomic mass is 35.5. The minimum absolute atomic E-state index is 0.180.